The molecule has 2 aromatic heterocycles. The first-order valence-corrected chi connectivity index (χ1v) is 11.8. The minimum atomic E-state index is -4.44. The van der Waals surface area contributed by atoms with E-state index in [1.165, 1.54) is 25.2 Å². The summed E-state index contributed by atoms with van der Waals surface area (Å²) >= 11 is 7.33. The molecule has 5 rings (SSSR count). The van der Waals surface area contributed by atoms with Crippen molar-refractivity contribution in [3.8, 4) is 0 Å². The normalized spacial score (nSPS) is 29.6. The number of hydrogen-bond donors (Lipinski definition) is 1. The van der Waals surface area contributed by atoms with E-state index in [-0.39, 0.29) is 42.0 Å². The van der Waals surface area contributed by atoms with Crippen LogP contribution in [-0.2, 0) is 23.1 Å². The van der Waals surface area contributed by atoms with Gasteiger partial charge in [-0.1, -0.05) is 23.4 Å². The van der Waals surface area contributed by atoms with Crippen LogP contribution in [0.2, 0.25) is 5.02 Å². The van der Waals surface area contributed by atoms with Crippen molar-refractivity contribution in [2.75, 3.05) is 19.5 Å². The largest absolute Gasteiger partial charge is 1.00 e. The van der Waals surface area contributed by atoms with Crippen LogP contribution in [0, 0.1) is 0 Å². The van der Waals surface area contributed by atoms with Crippen LogP contribution in [0.15, 0.2) is 40.6 Å². The monoisotopic (exact) mass is 507 g/mol. The summed E-state index contributed by atoms with van der Waals surface area (Å²) < 4.78 is 35.2. The molecule has 5 atom stereocenters. The summed E-state index contributed by atoms with van der Waals surface area (Å²) in [5, 5.41) is 1.11. The summed E-state index contributed by atoms with van der Waals surface area (Å²) in [5.41, 5.74) is 6.83. The van der Waals surface area contributed by atoms with E-state index in [1.54, 1.807) is 16.7 Å². The fourth-order valence-corrected chi connectivity index (χ4v) is 5.57. The van der Waals surface area contributed by atoms with Gasteiger partial charge in [0.1, 0.15) is 24.6 Å². The molecule has 2 aliphatic rings. The molecule has 4 heterocycles. The zero-order valence-corrected chi connectivity index (χ0v) is 21.4. The van der Waals surface area contributed by atoms with E-state index >= 15 is 0 Å². The molecule has 11 nitrogen and oxygen atoms in total. The summed E-state index contributed by atoms with van der Waals surface area (Å²) in [6.45, 7) is -0.175. The van der Waals surface area contributed by atoms with E-state index in [0.717, 1.165) is 4.90 Å². The van der Waals surface area contributed by atoms with Gasteiger partial charge in [-0.2, -0.15) is 0 Å². The predicted molar refractivity (Wildman–Crippen MR) is 108 cm³/mol. The summed E-state index contributed by atoms with van der Waals surface area (Å²) in [5.74, 6) is 0.203. The molecule has 2 saturated heterocycles. The minimum absolute atomic E-state index is 0. The third kappa shape index (κ3) is 4.47. The molecular formula is C17H16ClN5NaO6PS. The third-order valence-electron chi connectivity index (χ3n) is 4.96. The number of aromatic nitrogens is 4. The Morgan fingerprint density at radius 2 is 2.09 bits per heavy atom. The van der Waals surface area contributed by atoms with Crippen molar-refractivity contribution in [2.24, 2.45) is 0 Å². The molecule has 0 aliphatic carbocycles. The van der Waals surface area contributed by atoms with Crippen LogP contribution in [0.3, 0.4) is 0 Å². The van der Waals surface area contributed by atoms with Gasteiger partial charge in [-0.05, 0) is 24.3 Å². The second kappa shape index (κ2) is 9.47. The summed E-state index contributed by atoms with van der Waals surface area (Å²) in [6.07, 6.45) is -1.78. The number of fused-ring (bicyclic) bond motifs is 2. The average Bonchev–Trinajstić information content (AvgIpc) is 3.26. The van der Waals surface area contributed by atoms with Gasteiger partial charge in [-0.3, -0.25) is 9.13 Å². The Morgan fingerprint density at radius 3 is 2.81 bits per heavy atom. The van der Waals surface area contributed by atoms with Gasteiger partial charge in [0.15, 0.2) is 28.4 Å². The van der Waals surface area contributed by atoms with Crippen LogP contribution in [-0.4, -0.2) is 51.5 Å². The smallest absolute Gasteiger partial charge is 0.756 e. The van der Waals surface area contributed by atoms with Gasteiger partial charge in [0.05, 0.1) is 6.61 Å². The van der Waals surface area contributed by atoms with E-state index in [1.807, 2.05) is 12.1 Å². The molecular weight excluding hydrogens is 492 g/mol. The number of methoxy groups -OCH3 is 1. The van der Waals surface area contributed by atoms with Crippen LogP contribution in [0.1, 0.15) is 6.23 Å². The Hall–Kier alpha value is -0.760. The molecule has 2 aliphatic heterocycles. The number of ether oxygens (including phenoxy) is 2. The van der Waals surface area contributed by atoms with Gasteiger partial charge in [0.25, 0.3) is 7.82 Å². The maximum Gasteiger partial charge on any atom is 1.00 e. The average molecular weight is 508 g/mol. The molecule has 0 radical (unpaired) electrons. The van der Waals surface area contributed by atoms with E-state index in [9.17, 15) is 9.46 Å². The number of phosphoric ester groups is 1. The van der Waals surface area contributed by atoms with E-state index < -0.39 is 32.4 Å². The number of anilines is 1. The molecule has 32 heavy (non-hydrogen) atoms. The van der Waals surface area contributed by atoms with Crippen molar-refractivity contribution in [1.82, 2.24) is 19.5 Å². The zero-order chi connectivity index (χ0) is 21.8. The number of nitrogens with two attached hydrogens (primary N) is 1. The van der Waals surface area contributed by atoms with Crippen LogP contribution in [0.4, 0.5) is 5.82 Å². The van der Waals surface area contributed by atoms with Gasteiger partial charge in [0, 0.05) is 17.0 Å². The van der Waals surface area contributed by atoms with Crippen LogP contribution < -0.4 is 40.2 Å². The first-order chi connectivity index (χ1) is 14.9. The van der Waals surface area contributed by atoms with Crippen molar-refractivity contribution in [2.45, 2.75) is 34.6 Å². The first-order valence-electron chi connectivity index (χ1n) is 9.10. The standard InChI is InChI=1S/C17H17ClN5O6PS.Na/c1-26-13-12-10(6-27-30(24,25)29-12)28-16(13)23-15-11(14(19)20-7-21-15)22-17(23)31-9-4-2-8(18)3-5-9;/h2-5,7,10,12-13,16H,6H2,1H3,(H,24,25)(H2,19,20,21);/q;+1/p-1. The molecule has 0 bridgehead atoms. The maximum atomic E-state index is 11.8. The Balaban J connectivity index is 0.00000245. The van der Waals surface area contributed by atoms with Crippen LogP contribution in [0.25, 0.3) is 11.2 Å². The number of imidazole rings is 1. The van der Waals surface area contributed by atoms with Gasteiger partial charge < -0.3 is 29.1 Å². The van der Waals surface area contributed by atoms with Crippen molar-refractivity contribution in [3.63, 3.8) is 0 Å². The molecule has 3 aromatic rings. The van der Waals surface area contributed by atoms with Crippen molar-refractivity contribution in [1.29, 1.82) is 0 Å². The molecule has 15 heteroatoms. The van der Waals surface area contributed by atoms with Gasteiger partial charge in [-0.25, -0.2) is 15.0 Å². The summed E-state index contributed by atoms with van der Waals surface area (Å²) in [4.78, 5) is 25.6. The number of rotatable bonds is 4. The van der Waals surface area contributed by atoms with Crippen LogP contribution >= 0.6 is 31.2 Å². The van der Waals surface area contributed by atoms with E-state index in [0.29, 0.717) is 21.3 Å². The molecule has 0 spiro atoms. The van der Waals surface area contributed by atoms with E-state index in [4.69, 9.17) is 35.9 Å². The van der Waals surface area contributed by atoms with Crippen LogP contribution in [0.5, 0.6) is 0 Å². The fraction of sp³-hybridized carbons (Fsp3) is 0.353. The number of benzene rings is 1. The quantitative estimate of drug-likeness (QED) is 0.343. The number of hydrogen-bond acceptors (Lipinski definition) is 11. The summed E-state index contributed by atoms with van der Waals surface area (Å²) in [7, 11) is -2.99. The SMILES string of the molecule is COC1C2OP(=O)([O-])OCC2OC1n1c(Sc2ccc(Cl)cc2)nc2c(N)ncnc21.[Na+]. The number of halogens is 1. The van der Waals surface area contributed by atoms with Crippen molar-refractivity contribution < 1.29 is 57.5 Å². The second-order valence-electron chi connectivity index (χ2n) is 6.83. The van der Waals surface area contributed by atoms with Crippen molar-refractivity contribution >= 4 is 48.2 Å². The molecule has 5 unspecified atom stereocenters. The maximum absolute atomic E-state index is 11.8. The Labute approximate surface area is 213 Å². The Bertz CT molecular complexity index is 1190. The van der Waals surface area contributed by atoms with E-state index in [2.05, 4.69) is 15.0 Å². The van der Waals surface area contributed by atoms with Gasteiger partial charge in [-0.15, -0.1) is 0 Å². The predicted octanol–water partition coefficient (Wildman–Crippen LogP) is -0.987. The molecule has 2 N–H and O–H groups in total. The Morgan fingerprint density at radius 1 is 1.34 bits per heavy atom. The zero-order valence-electron chi connectivity index (χ0n) is 17.0. The van der Waals surface area contributed by atoms with Crippen molar-refractivity contribution in [3.05, 3.63) is 35.6 Å². The topological polar surface area (TPSA) is 147 Å². The number of nitrogens with zero attached hydrogens (tertiary/aromatic N) is 4. The molecule has 164 valence electrons. The van der Waals surface area contributed by atoms with Gasteiger partial charge >= 0.3 is 29.6 Å². The molecule has 2 fully saturated rings. The fourth-order valence-electron chi connectivity index (χ4n) is 3.59. The molecule has 0 amide bonds. The summed E-state index contributed by atoms with van der Waals surface area (Å²) in [6, 6.07) is 7.22. The first kappa shape index (κ1) is 24.4. The molecule has 1 aromatic carbocycles. The number of phosphoric acid groups is 1. The third-order valence-corrected chi connectivity index (χ3v) is 7.15. The number of nitrogen functional groups attached to an aromatic ring is 1. The molecule has 0 saturated carbocycles. The Kier molecular flexibility index (Phi) is 7.21. The van der Waals surface area contributed by atoms with Gasteiger partial charge in [0.2, 0.25) is 0 Å². The minimum Gasteiger partial charge on any atom is -0.756 e. The second-order valence-corrected chi connectivity index (χ2v) is 9.67.